The summed E-state index contributed by atoms with van der Waals surface area (Å²) in [6, 6.07) is 0. The van der Waals surface area contributed by atoms with Crippen LogP contribution in [0.4, 0.5) is 0 Å². The molecule has 1 heteroatoms. The maximum atomic E-state index is 2.36. The molecule has 0 aromatic heterocycles. The van der Waals surface area contributed by atoms with Crippen molar-refractivity contribution in [3.05, 3.63) is 23.6 Å². The maximum Gasteiger partial charge on any atom is 0.0299 e. The lowest BCUT2D eigenvalue weighted by Crippen LogP contribution is -2.11. The predicted molar refractivity (Wildman–Crippen MR) is 51.6 cm³/mol. The number of allylic oxidation sites excluding steroid dienone is 2. The highest BCUT2D eigenvalue weighted by Gasteiger charge is 2.23. The van der Waals surface area contributed by atoms with Crippen molar-refractivity contribution in [3.63, 3.8) is 0 Å². The Morgan fingerprint density at radius 1 is 1.09 bits per heavy atom. The predicted octanol–water partition coefficient (Wildman–Crippen LogP) is 3.36. The summed E-state index contributed by atoms with van der Waals surface area (Å²) in [6.45, 7) is 0. The van der Waals surface area contributed by atoms with E-state index in [1.807, 2.05) is 11.8 Å². The highest BCUT2D eigenvalue weighted by atomic mass is 32.2. The molecule has 2 aliphatic rings. The van der Waals surface area contributed by atoms with Gasteiger partial charge in [0.25, 0.3) is 0 Å². The molecule has 0 bridgehead atoms. The molecule has 0 N–H and O–H groups in total. The Hall–Kier alpha value is -0.170. The minimum atomic E-state index is 0.794. The van der Waals surface area contributed by atoms with E-state index in [2.05, 4.69) is 23.6 Å². The molecule has 1 aliphatic heterocycles. The molecule has 0 aromatic carbocycles. The standard InChI is InChI=1S/C10H14S/c1-2-6-9(5-1)10-7-3-4-8-11-10/h3-4,7-10H,1-2,5-6H2. The summed E-state index contributed by atoms with van der Waals surface area (Å²) in [5, 5.41) is 3.02. The molecular formula is C10H14S. The fraction of sp³-hybridized carbons (Fsp3) is 0.600. The molecule has 0 saturated heterocycles. The van der Waals surface area contributed by atoms with Crippen LogP contribution >= 0.6 is 11.8 Å². The van der Waals surface area contributed by atoms with Crippen LogP contribution in [0.15, 0.2) is 23.6 Å². The number of rotatable bonds is 1. The molecule has 1 aliphatic carbocycles. The molecule has 1 fully saturated rings. The quantitative estimate of drug-likeness (QED) is 0.575. The van der Waals surface area contributed by atoms with E-state index in [1.165, 1.54) is 25.7 Å². The molecule has 60 valence electrons. The second kappa shape index (κ2) is 3.48. The molecule has 11 heavy (non-hydrogen) atoms. The molecule has 1 saturated carbocycles. The van der Waals surface area contributed by atoms with Crippen molar-refractivity contribution in [3.8, 4) is 0 Å². The van der Waals surface area contributed by atoms with Gasteiger partial charge in [0.15, 0.2) is 0 Å². The third-order valence-electron chi connectivity index (χ3n) is 2.59. The van der Waals surface area contributed by atoms with Crippen molar-refractivity contribution in [2.75, 3.05) is 0 Å². The molecule has 2 rings (SSSR count). The van der Waals surface area contributed by atoms with Gasteiger partial charge in [0.05, 0.1) is 0 Å². The number of hydrogen-bond acceptors (Lipinski definition) is 1. The van der Waals surface area contributed by atoms with Gasteiger partial charge in [-0.05, 0) is 24.2 Å². The topological polar surface area (TPSA) is 0 Å². The average molecular weight is 166 g/mol. The normalized spacial score (nSPS) is 31.5. The molecule has 0 amide bonds. The summed E-state index contributed by atoms with van der Waals surface area (Å²) in [6.07, 6.45) is 12.5. The van der Waals surface area contributed by atoms with Gasteiger partial charge in [0.1, 0.15) is 0 Å². The van der Waals surface area contributed by atoms with Gasteiger partial charge in [0, 0.05) is 5.25 Å². The minimum absolute atomic E-state index is 0.794. The van der Waals surface area contributed by atoms with Crippen molar-refractivity contribution in [1.29, 1.82) is 0 Å². The first-order valence-corrected chi connectivity index (χ1v) is 5.40. The first-order valence-electron chi connectivity index (χ1n) is 4.45. The monoisotopic (exact) mass is 166 g/mol. The third-order valence-corrected chi connectivity index (χ3v) is 3.76. The van der Waals surface area contributed by atoms with Crippen LogP contribution in [0.25, 0.3) is 0 Å². The van der Waals surface area contributed by atoms with Gasteiger partial charge in [0.2, 0.25) is 0 Å². The van der Waals surface area contributed by atoms with E-state index in [0.717, 1.165) is 11.2 Å². The van der Waals surface area contributed by atoms with Crippen LogP contribution in [-0.2, 0) is 0 Å². The van der Waals surface area contributed by atoms with Crippen LogP contribution in [0.3, 0.4) is 0 Å². The Kier molecular flexibility index (Phi) is 2.37. The van der Waals surface area contributed by atoms with E-state index in [4.69, 9.17) is 0 Å². The number of thioether (sulfide) groups is 1. The number of hydrogen-bond donors (Lipinski definition) is 0. The highest BCUT2D eigenvalue weighted by molar-refractivity contribution is 8.02. The Balaban J connectivity index is 1.94. The molecule has 1 atom stereocenters. The van der Waals surface area contributed by atoms with Crippen molar-refractivity contribution in [1.82, 2.24) is 0 Å². The molecule has 0 nitrogen and oxygen atoms in total. The van der Waals surface area contributed by atoms with E-state index >= 15 is 0 Å². The zero-order valence-electron chi connectivity index (χ0n) is 6.70. The summed E-state index contributed by atoms with van der Waals surface area (Å²) in [7, 11) is 0. The summed E-state index contributed by atoms with van der Waals surface area (Å²) < 4.78 is 0. The van der Waals surface area contributed by atoms with Gasteiger partial charge in [-0.25, -0.2) is 0 Å². The van der Waals surface area contributed by atoms with Crippen molar-refractivity contribution >= 4 is 11.8 Å². The van der Waals surface area contributed by atoms with Crippen LogP contribution in [0.1, 0.15) is 25.7 Å². The Morgan fingerprint density at radius 3 is 2.55 bits per heavy atom. The van der Waals surface area contributed by atoms with Crippen molar-refractivity contribution < 1.29 is 0 Å². The van der Waals surface area contributed by atoms with Gasteiger partial charge in [-0.3, -0.25) is 0 Å². The fourth-order valence-corrected chi connectivity index (χ4v) is 2.99. The van der Waals surface area contributed by atoms with E-state index < -0.39 is 0 Å². The van der Waals surface area contributed by atoms with Crippen LogP contribution in [0, 0.1) is 5.92 Å². The summed E-state index contributed by atoms with van der Waals surface area (Å²) >= 11 is 1.99. The maximum absolute atomic E-state index is 2.36. The molecule has 0 radical (unpaired) electrons. The third kappa shape index (κ3) is 1.70. The van der Waals surface area contributed by atoms with Crippen LogP contribution < -0.4 is 0 Å². The van der Waals surface area contributed by atoms with E-state index in [-0.39, 0.29) is 0 Å². The summed E-state index contributed by atoms with van der Waals surface area (Å²) in [5.74, 6) is 0.973. The van der Waals surface area contributed by atoms with Crippen LogP contribution in [-0.4, -0.2) is 5.25 Å². The lowest BCUT2D eigenvalue weighted by atomic mass is 10.0. The SMILES string of the molecule is C1=CSC(C2CCCC2)C=C1. The largest absolute Gasteiger partial charge is 0.126 e. The first kappa shape index (κ1) is 7.48. The van der Waals surface area contributed by atoms with Gasteiger partial charge in [-0.2, -0.15) is 0 Å². The lowest BCUT2D eigenvalue weighted by Gasteiger charge is -2.18. The smallest absolute Gasteiger partial charge is 0.0299 e. The molecule has 0 aromatic rings. The van der Waals surface area contributed by atoms with Gasteiger partial charge >= 0.3 is 0 Å². The molecule has 0 spiro atoms. The molecular weight excluding hydrogens is 152 g/mol. The fourth-order valence-electron chi connectivity index (χ4n) is 1.95. The average Bonchev–Trinajstić information content (AvgIpc) is 2.58. The van der Waals surface area contributed by atoms with Gasteiger partial charge in [-0.1, -0.05) is 31.1 Å². The first-order chi connectivity index (χ1) is 5.47. The molecule has 1 heterocycles. The van der Waals surface area contributed by atoms with Crippen molar-refractivity contribution in [2.24, 2.45) is 5.92 Å². The lowest BCUT2D eigenvalue weighted by molar-refractivity contribution is 0.570. The van der Waals surface area contributed by atoms with Gasteiger partial charge < -0.3 is 0 Å². The highest BCUT2D eigenvalue weighted by Crippen LogP contribution is 2.36. The Bertz CT molecular complexity index is 175. The Morgan fingerprint density at radius 2 is 1.91 bits per heavy atom. The second-order valence-electron chi connectivity index (χ2n) is 3.36. The Labute approximate surface area is 72.8 Å². The van der Waals surface area contributed by atoms with Crippen LogP contribution in [0.2, 0.25) is 0 Å². The minimum Gasteiger partial charge on any atom is -0.126 e. The van der Waals surface area contributed by atoms with E-state index in [9.17, 15) is 0 Å². The second-order valence-corrected chi connectivity index (χ2v) is 4.45. The van der Waals surface area contributed by atoms with E-state index in [1.54, 1.807) is 0 Å². The van der Waals surface area contributed by atoms with Crippen molar-refractivity contribution in [2.45, 2.75) is 30.9 Å². The summed E-state index contributed by atoms with van der Waals surface area (Å²) in [5.41, 5.74) is 0. The van der Waals surface area contributed by atoms with Gasteiger partial charge in [-0.15, -0.1) is 11.8 Å². The summed E-state index contributed by atoms with van der Waals surface area (Å²) in [4.78, 5) is 0. The van der Waals surface area contributed by atoms with Crippen LogP contribution in [0.5, 0.6) is 0 Å². The van der Waals surface area contributed by atoms with E-state index in [0.29, 0.717) is 0 Å². The zero-order chi connectivity index (χ0) is 7.52. The molecule has 1 unspecified atom stereocenters. The zero-order valence-corrected chi connectivity index (χ0v) is 7.52.